The minimum absolute atomic E-state index is 0.506. The van der Waals surface area contributed by atoms with Crippen molar-refractivity contribution in [2.75, 3.05) is 42.9 Å². The molecule has 0 amide bonds. The molecule has 11 heteroatoms. The van der Waals surface area contributed by atoms with Crippen molar-refractivity contribution in [3.05, 3.63) is 65.0 Å². The maximum atomic E-state index is 6.84. The Morgan fingerprint density at radius 2 is 1.79 bits per heavy atom. The first-order chi connectivity index (χ1) is 19.1. The van der Waals surface area contributed by atoms with E-state index >= 15 is 0 Å². The molecule has 0 saturated carbocycles. The number of hydrogen-bond acceptors (Lipinski definition) is 9. The monoisotopic (exact) mass is 555 g/mol. The van der Waals surface area contributed by atoms with Gasteiger partial charge >= 0.3 is 0 Å². The number of fused-ring (bicyclic) bond motifs is 4. The number of aryl methyl sites for hydroxylation is 1. The summed E-state index contributed by atoms with van der Waals surface area (Å²) < 4.78 is 2.94. The average Bonchev–Trinajstić information content (AvgIpc) is 3.61. The van der Waals surface area contributed by atoms with E-state index < -0.39 is 0 Å². The van der Waals surface area contributed by atoms with Gasteiger partial charge in [-0.2, -0.15) is 4.98 Å². The normalized spacial score (nSPS) is 14.6. The van der Waals surface area contributed by atoms with E-state index in [1.165, 1.54) is 5.69 Å². The fourth-order valence-corrected chi connectivity index (χ4v) is 6.42. The van der Waals surface area contributed by atoms with Gasteiger partial charge in [0.1, 0.15) is 11.8 Å². The summed E-state index contributed by atoms with van der Waals surface area (Å²) in [4.78, 5) is 18.9. The molecule has 1 N–H and O–H groups in total. The van der Waals surface area contributed by atoms with Crippen molar-refractivity contribution in [2.45, 2.75) is 13.8 Å². The SMILES string of the molecule is CCN1CCN(c2ccc(Nc3ncc4cc(-c5ccc6sc(C)nc6c5Cl)c5nncn5c4n3)cc2)CC1. The average molecular weight is 556 g/mol. The number of nitrogens with zero attached hydrogens (tertiary/aromatic N) is 8. The van der Waals surface area contributed by atoms with Crippen LogP contribution in [-0.4, -0.2) is 67.2 Å². The summed E-state index contributed by atoms with van der Waals surface area (Å²) in [7, 11) is 0. The third-order valence-electron chi connectivity index (χ3n) is 7.32. The second-order valence-corrected chi connectivity index (χ2v) is 11.3. The lowest BCUT2D eigenvalue weighted by Crippen LogP contribution is -2.46. The largest absolute Gasteiger partial charge is 0.369 e. The molecule has 0 spiro atoms. The fraction of sp³-hybridized carbons (Fsp3) is 0.250. The fourth-order valence-electron chi connectivity index (χ4n) is 5.22. The molecule has 196 valence electrons. The van der Waals surface area contributed by atoms with Gasteiger partial charge in [0.15, 0.2) is 11.3 Å². The molecule has 7 rings (SSSR count). The Balaban J connectivity index is 1.19. The second-order valence-electron chi connectivity index (χ2n) is 9.66. The maximum Gasteiger partial charge on any atom is 0.229 e. The zero-order valence-corrected chi connectivity index (χ0v) is 23.2. The minimum atomic E-state index is 0.506. The van der Waals surface area contributed by atoms with Gasteiger partial charge in [0.25, 0.3) is 0 Å². The molecule has 1 fully saturated rings. The number of nitrogens with one attached hydrogen (secondary N) is 1. The van der Waals surface area contributed by atoms with E-state index in [1.807, 2.05) is 29.7 Å². The van der Waals surface area contributed by atoms with E-state index in [2.05, 4.69) is 72.5 Å². The van der Waals surface area contributed by atoms with Crippen molar-refractivity contribution < 1.29 is 0 Å². The highest BCUT2D eigenvalue weighted by molar-refractivity contribution is 7.18. The lowest BCUT2D eigenvalue weighted by atomic mass is 10.1. The van der Waals surface area contributed by atoms with Crippen LogP contribution in [0, 0.1) is 6.92 Å². The van der Waals surface area contributed by atoms with Crippen molar-refractivity contribution in [1.29, 1.82) is 0 Å². The quantitative estimate of drug-likeness (QED) is 0.286. The summed E-state index contributed by atoms with van der Waals surface area (Å²) in [6.07, 6.45) is 3.49. The second kappa shape index (κ2) is 9.71. The summed E-state index contributed by atoms with van der Waals surface area (Å²) in [6, 6.07) is 14.5. The van der Waals surface area contributed by atoms with Crippen molar-refractivity contribution in [2.24, 2.45) is 0 Å². The smallest absolute Gasteiger partial charge is 0.229 e. The molecule has 5 heterocycles. The zero-order valence-electron chi connectivity index (χ0n) is 21.6. The zero-order chi connectivity index (χ0) is 26.5. The molecule has 1 aliphatic heterocycles. The summed E-state index contributed by atoms with van der Waals surface area (Å²) in [5.41, 5.74) is 6.07. The van der Waals surface area contributed by atoms with Crippen molar-refractivity contribution in [3.63, 3.8) is 0 Å². The van der Waals surface area contributed by atoms with Crippen LogP contribution in [0.25, 0.3) is 38.0 Å². The van der Waals surface area contributed by atoms with Gasteiger partial charge in [-0.25, -0.2) is 9.97 Å². The van der Waals surface area contributed by atoms with Gasteiger partial charge in [-0.05, 0) is 49.9 Å². The Bertz CT molecular complexity index is 1820. The van der Waals surface area contributed by atoms with Crippen LogP contribution in [-0.2, 0) is 0 Å². The molecule has 0 aliphatic carbocycles. The number of hydrogen-bond donors (Lipinski definition) is 1. The first kappa shape index (κ1) is 24.2. The molecule has 6 aromatic rings. The van der Waals surface area contributed by atoms with Crippen LogP contribution in [0.1, 0.15) is 11.9 Å². The van der Waals surface area contributed by atoms with Gasteiger partial charge in [-0.15, -0.1) is 21.5 Å². The predicted octanol–water partition coefficient (Wildman–Crippen LogP) is 5.80. The first-order valence-electron chi connectivity index (χ1n) is 13.0. The molecule has 2 aromatic carbocycles. The van der Waals surface area contributed by atoms with Crippen LogP contribution >= 0.6 is 22.9 Å². The topological polar surface area (TPSA) is 87.4 Å². The van der Waals surface area contributed by atoms with E-state index in [4.69, 9.17) is 16.6 Å². The predicted molar refractivity (Wildman–Crippen MR) is 158 cm³/mol. The van der Waals surface area contributed by atoms with Crippen LogP contribution in [0.5, 0.6) is 0 Å². The van der Waals surface area contributed by atoms with E-state index in [1.54, 1.807) is 17.7 Å². The molecule has 39 heavy (non-hydrogen) atoms. The number of anilines is 3. The molecule has 0 atom stereocenters. The number of halogens is 1. The highest BCUT2D eigenvalue weighted by Gasteiger charge is 2.18. The van der Waals surface area contributed by atoms with Gasteiger partial charge in [0.2, 0.25) is 5.95 Å². The lowest BCUT2D eigenvalue weighted by Gasteiger charge is -2.35. The van der Waals surface area contributed by atoms with Gasteiger partial charge in [0.05, 0.1) is 14.7 Å². The van der Waals surface area contributed by atoms with E-state index in [9.17, 15) is 0 Å². The Morgan fingerprint density at radius 3 is 2.59 bits per heavy atom. The Kier molecular flexibility index (Phi) is 6.03. The number of aromatic nitrogens is 6. The summed E-state index contributed by atoms with van der Waals surface area (Å²) in [5, 5.41) is 14.4. The Hall–Kier alpha value is -3.86. The molecular formula is C28H26ClN9S. The molecular weight excluding hydrogens is 530 g/mol. The van der Waals surface area contributed by atoms with Crippen molar-refractivity contribution >= 4 is 67.2 Å². The molecule has 1 aliphatic rings. The van der Waals surface area contributed by atoms with Gasteiger partial charge in [-0.3, -0.25) is 4.40 Å². The van der Waals surface area contributed by atoms with Crippen LogP contribution < -0.4 is 10.2 Å². The van der Waals surface area contributed by atoms with Crippen LogP contribution in [0.3, 0.4) is 0 Å². The van der Waals surface area contributed by atoms with Gasteiger partial charge in [-0.1, -0.05) is 24.6 Å². The number of pyridine rings is 1. The molecule has 1 saturated heterocycles. The van der Waals surface area contributed by atoms with Gasteiger partial charge < -0.3 is 15.1 Å². The number of thiazole rings is 1. The van der Waals surface area contributed by atoms with Crippen LogP contribution in [0.4, 0.5) is 17.3 Å². The third kappa shape index (κ3) is 4.34. The highest BCUT2D eigenvalue weighted by atomic mass is 35.5. The van der Waals surface area contributed by atoms with E-state index in [0.717, 1.165) is 70.1 Å². The number of likely N-dealkylation sites (N-methyl/N-ethyl adjacent to an activating group) is 1. The number of benzene rings is 2. The number of piperazine rings is 1. The maximum absolute atomic E-state index is 6.84. The Morgan fingerprint density at radius 1 is 0.974 bits per heavy atom. The summed E-state index contributed by atoms with van der Waals surface area (Å²) >= 11 is 8.47. The van der Waals surface area contributed by atoms with E-state index in [0.29, 0.717) is 22.3 Å². The van der Waals surface area contributed by atoms with Crippen LogP contribution in [0.15, 0.2) is 55.0 Å². The summed E-state index contributed by atoms with van der Waals surface area (Å²) in [6.45, 7) is 9.62. The molecule has 0 bridgehead atoms. The van der Waals surface area contributed by atoms with Crippen molar-refractivity contribution in [1.82, 2.24) is 34.4 Å². The minimum Gasteiger partial charge on any atom is -0.369 e. The standard InChI is InChI=1S/C28H26ClN9S/c1-3-36-10-12-37(13-11-36)20-6-4-19(5-7-20)33-28-30-15-18-14-22(27-35-31-16-38(27)26(18)34-28)21-8-9-23-25(24(21)29)32-17(2)39-23/h4-9,14-16H,3,10-13H2,1-2H3,(H,30,33,34). The van der Waals surface area contributed by atoms with Crippen LogP contribution in [0.2, 0.25) is 5.02 Å². The lowest BCUT2D eigenvalue weighted by molar-refractivity contribution is 0.271. The number of rotatable bonds is 5. The molecule has 9 nitrogen and oxygen atoms in total. The molecule has 4 aromatic heterocycles. The van der Waals surface area contributed by atoms with Crippen molar-refractivity contribution in [3.8, 4) is 11.1 Å². The molecule has 0 unspecified atom stereocenters. The third-order valence-corrected chi connectivity index (χ3v) is 8.64. The first-order valence-corrected chi connectivity index (χ1v) is 14.2. The molecule has 0 radical (unpaired) electrons. The Labute approximate surface area is 234 Å². The summed E-state index contributed by atoms with van der Waals surface area (Å²) in [5.74, 6) is 0.506. The highest BCUT2D eigenvalue weighted by Crippen LogP contribution is 2.38. The van der Waals surface area contributed by atoms with E-state index in [-0.39, 0.29) is 0 Å². The van der Waals surface area contributed by atoms with Gasteiger partial charge in [0, 0.05) is 60.3 Å².